The second kappa shape index (κ2) is 9.15. The maximum Gasteiger partial charge on any atom is 0.325 e. The Labute approximate surface area is 164 Å². The first-order valence-corrected chi connectivity index (χ1v) is 9.26. The van der Waals surface area contributed by atoms with E-state index in [0.717, 1.165) is 16.7 Å². The number of anilines is 1. The minimum atomic E-state index is -0.339. The van der Waals surface area contributed by atoms with E-state index in [1.165, 1.54) is 0 Å². The van der Waals surface area contributed by atoms with Crippen LogP contribution in [0.2, 0.25) is 10.0 Å². The van der Waals surface area contributed by atoms with E-state index in [-0.39, 0.29) is 18.4 Å². The van der Waals surface area contributed by atoms with Crippen molar-refractivity contribution >= 4 is 34.9 Å². The molecule has 2 N–H and O–H groups in total. The van der Waals surface area contributed by atoms with Gasteiger partial charge in [-0.15, -0.1) is 0 Å². The number of benzene rings is 2. The Morgan fingerprint density at radius 3 is 2.42 bits per heavy atom. The van der Waals surface area contributed by atoms with Crippen molar-refractivity contribution in [3.05, 3.63) is 57.1 Å². The third-order valence-electron chi connectivity index (χ3n) is 3.98. The predicted molar refractivity (Wildman–Crippen MR) is 107 cm³/mol. The standard InChI is InChI=1S/C20H23Cl2NO3/c1-4-26-20(25)11-23-14-9-17(21)16(18(22)10-14)8-13-5-6-19(24)15(7-13)12(2)3/h5-7,9-10,12,23-24H,4,8,11H2,1-3H3. The number of esters is 1. The van der Waals surface area contributed by atoms with Gasteiger partial charge in [0.05, 0.1) is 6.61 Å². The SMILES string of the molecule is CCOC(=O)CNc1cc(Cl)c(Cc2ccc(O)c(C(C)C)c2)c(Cl)c1. The highest BCUT2D eigenvalue weighted by atomic mass is 35.5. The topological polar surface area (TPSA) is 58.6 Å². The molecule has 2 aromatic rings. The lowest BCUT2D eigenvalue weighted by Crippen LogP contribution is -2.16. The van der Waals surface area contributed by atoms with Crippen LogP contribution in [0.25, 0.3) is 0 Å². The van der Waals surface area contributed by atoms with E-state index in [1.54, 1.807) is 25.1 Å². The average molecular weight is 396 g/mol. The van der Waals surface area contributed by atoms with Crippen molar-refractivity contribution in [2.75, 3.05) is 18.5 Å². The maximum atomic E-state index is 11.4. The summed E-state index contributed by atoms with van der Waals surface area (Å²) in [6, 6.07) is 9.01. The lowest BCUT2D eigenvalue weighted by atomic mass is 9.96. The normalized spacial score (nSPS) is 10.8. The molecule has 0 heterocycles. The lowest BCUT2D eigenvalue weighted by molar-refractivity contribution is -0.140. The monoisotopic (exact) mass is 395 g/mol. The molecule has 0 saturated heterocycles. The van der Waals surface area contributed by atoms with Crippen molar-refractivity contribution in [1.82, 2.24) is 0 Å². The smallest absolute Gasteiger partial charge is 0.325 e. The minimum Gasteiger partial charge on any atom is -0.508 e. The molecule has 0 aliphatic rings. The number of phenols is 1. The van der Waals surface area contributed by atoms with Gasteiger partial charge in [0, 0.05) is 22.2 Å². The number of hydrogen-bond donors (Lipinski definition) is 2. The molecule has 0 fully saturated rings. The molecule has 2 rings (SSSR count). The molecule has 0 bridgehead atoms. The van der Waals surface area contributed by atoms with E-state index in [0.29, 0.717) is 34.5 Å². The maximum absolute atomic E-state index is 11.4. The summed E-state index contributed by atoms with van der Waals surface area (Å²) in [4.78, 5) is 11.4. The number of halogens is 2. The van der Waals surface area contributed by atoms with Crippen molar-refractivity contribution in [1.29, 1.82) is 0 Å². The molecule has 0 unspecified atom stereocenters. The van der Waals surface area contributed by atoms with Crippen LogP contribution in [0.3, 0.4) is 0 Å². The fourth-order valence-corrected chi connectivity index (χ4v) is 3.26. The molecule has 6 heteroatoms. The van der Waals surface area contributed by atoms with E-state index < -0.39 is 0 Å². The van der Waals surface area contributed by atoms with Gasteiger partial charge >= 0.3 is 5.97 Å². The molecular formula is C20H23Cl2NO3. The predicted octanol–water partition coefficient (Wildman–Crippen LogP) is 5.39. The summed E-state index contributed by atoms with van der Waals surface area (Å²) < 4.78 is 4.88. The molecule has 4 nitrogen and oxygen atoms in total. The van der Waals surface area contributed by atoms with E-state index in [2.05, 4.69) is 5.32 Å². The highest BCUT2D eigenvalue weighted by Gasteiger charge is 2.13. The van der Waals surface area contributed by atoms with Crippen LogP contribution in [-0.4, -0.2) is 24.2 Å². The van der Waals surface area contributed by atoms with Crippen LogP contribution in [0.1, 0.15) is 43.4 Å². The van der Waals surface area contributed by atoms with Gasteiger partial charge in [-0.3, -0.25) is 4.79 Å². The van der Waals surface area contributed by atoms with Crippen molar-refractivity contribution in [3.63, 3.8) is 0 Å². The molecule has 0 aliphatic heterocycles. The van der Waals surface area contributed by atoms with Crippen LogP contribution in [0.5, 0.6) is 5.75 Å². The summed E-state index contributed by atoms with van der Waals surface area (Å²) >= 11 is 12.8. The van der Waals surface area contributed by atoms with Crippen LogP contribution in [-0.2, 0) is 16.0 Å². The molecule has 0 amide bonds. The van der Waals surface area contributed by atoms with Crippen LogP contribution >= 0.6 is 23.2 Å². The van der Waals surface area contributed by atoms with Gasteiger partial charge in [0.2, 0.25) is 0 Å². The summed E-state index contributed by atoms with van der Waals surface area (Å²) in [5.74, 6) is 0.170. The first-order valence-electron chi connectivity index (χ1n) is 8.51. The Kier molecular flexibility index (Phi) is 7.18. The summed E-state index contributed by atoms with van der Waals surface area (Å²) in [5, 5.41) is 14.0. The van der Waals surface area contributed by atoms with Gasteiger partial charge in [-0.1, -0.05) is 49.2 Å². The first kappa shape index (κ1) is 20.4. The van der Waals surface area contributed by atoms with Crippen LogP contribution in [0, 0.1) is 0 Å². The molecule has 0 atom stereocenters. The Hall–Kier alpha value is -1.91. The second-order valence-corrected chi connectivity index (χ2v) is 7.12. The van der Waals surface area contributed by atoms with Gasteiger partial charge in [0.15, 0.2) is 0 Å². The summed E-state index contributed by atoms with van der Waals surface area (Å²) in [7, 11) is 0. The highest BCUT2D eigenvalue weighted by molar-refractivity contribution is 6.36. The van der Waals surface area contributed by atoms with Crippen molar-refractivity contribution in [2.24, 2.45) is 0 Å². The third-order valence-corrected chi connectivity index (χ3v) is 4.65. The molecule has 140 valence electrons. The minimum absolute atomic E-state index is 0.0511. The fourth-order valence-electron chi connectivity index (χ4n) is 2.64. The number of hydrogen-bond acceptors (Lipinski definition) is 4. The van der Waals surface area contributed by atoms with Gasteiger partial charge in [-0.2, -0.15) is 0 Å². The Bertz CT molecular complexity index is 768. The largest absolute Gasteiger partial charge is 0.508 e. The number of carbonyl (C=O) groups is 1. The zero-order chi connectivity index (χ0) is 19.3. The first-order chi connectivity index (χ1) is 12.3. The van der Waals surface area contributed by atoms with Crippen LogP contribution in [0.4, 0.5) is 5.69 Å². The van der Waals surface area contributed by atoms with Crippen LogP contribution in [0.15, 0.2) is 30.3 Å². The molecule has 0 spiro atoms. The zero-order valence-corrected chi connectivity index (χ0v) is 16.6. The number of carbonyl (C=O) groups excluding carboxylic acids is 1. The van der Waals surface area contributed by atoms with E-state index in [1.807, 2.05) is 26.0 Å². The number of phenolic OH excluding ortho intramolecular Hbond substituents is 1. The number of nitrogens with one attached hydrogen (secondary N) is 1. The van der Waals surface area contributed by atoms with E-state index in [9.17, 15) is 9.90 Å². The Morgan fingerprint density at radius 2 is 1.85 bits per heavy atom. The molecule has 2 aromatic carbocycles. The number of ether oxygens (including phenoxy) is 1. The zero-order valence-electron chi connectivity index (χ0n) is 15.1. The molecule has 0 aliphatic carbocycles. The molecule has 0 saturated carbocycles. The highest BCUT2D eigenvalue weighted by Crippen LogP contribution is 2.33. The number of aromatic hydroxyl groups is 1. The number of rotatable bonds is 7. The lowest BCUT2D eigenvalue weighted by Gasteiger charge is -2.14. The fraction of sp³-hybridized carbons (Fsp3) is 0.350. The van der Waals surface area contributed by atoms with E-state index >= 15 is 0 Å². The van der Waals surface area contributed by atoms with Gasteiger partial charge in [-0.25, -0.2) is 0 Å². The van der Waals surface area contributed by atoms with Gasteiger partial charge in [-0.05, 0) is 47.7 Å². The Balaban J connectivity index is 2.18. The van der Waals surface area contributed by atoms with Crippen molar-refractivity contribution in [2.45, 2.75) is 33.1 Å². The second-order valence-electron chi connectivity index (χ2n) is 6.30. The van der Waals surface area contributed by atoms with Gasteiger partial charge < -0.3 is 15.2 Å². The molecule has 26 heavy (non-hydrogen) atoms. The average Bonchev–Trinajstić information content (AvgIpc) is 2.57. The summed E-state index contributed by atoms with van der Waals surface area (Å²) in [5.41, 5.74) is 3.37. The third kappa shape index (κ3) is 5.29. The summed E-state index contributed by atoms with van der Waals surface area (Å²) in [6.45, 7) is 6.21. The van der Waals surface area contributed by atoms with Gasteiger partial charge in [0.25, 0.3) is 0 Å². The van der Waals surface area contributed by atoms with Crippen molar-refractivity contribution in [3.8, 4) is 5.75 Å². The molecule has 0 aromatic heterocycles. The van der Waals surface area contributed by atoms with Gasteiger partial charge in [0.1, 0.15) is 12.3 Å². The molecule has 0 radical (unpaired) electrons. The Morgan fingerprint density at radius 1 is 1.19 bits per heavy atom. The van der Waals surface area contributed by atoms with E-state index in [4.69, 9.17) is 27.9 Å². The van der Waals surface area contributed by atoms with Crippen molar-refractivity contribution < 1.29 is 14.6 Å². The van der Waals surface area contributed by atoms with Crippen LogP contribution < -0.4 is 5.32 Å². The summed E-state index contributed by atoms with van der Waals surface area (Å²) in [6.07, 6.45) is 0.551. The molecular weight excluding hydrogens is 373 g/mol. The quantitative estimate of drug-likeness (QED) is 0.617.